The molecule has 170 valence electrons. The minimum absolute atomic E-state index is 0.0315. The Labute approximate surface area is 191 Å². The van der Waals surface area contributed by atoms with E-state index in [2.05, 4.69) is 25.9 Å². The van der Waals surface area contributed by atoms with Crippen molar-refractivity contribution in [2.45, 2.75) is 12.4 Å². The summed E-state index contributed by atoms with van der Waals surface area (Å²) >= 11 is 4.23. The first-order valence-corrected chi connectivity index (χ1v) is 11.2. The van der Waals surface area contributed by atoms with E-state index < -0.39 is 34.5 Å². The van der Waals surface area contributed by atoms with Gasteiger partial charge in [0.1, 0.15) is 6.67 Å². The third-order valence-electron chi connectivity index (χ3n) is 4.89. The molecule has 1 aliphatic rings. The highest BCUT2D eigenvalue weighted by atomic mass is 79.9. The second-order valence-electron chi connectivity index (χ2n) is 7.09. The number of hydrogen-bond donors (Lipinski definition) is 0. The van der Waals surface area contributed by atoms with E-state index in [1.807, 2.05) is 0 Å². The minimum Gasteiger partial charge on any atom is -0.622 e. The van der Waals surface area contributed by atoms with E-state index in [0.29, 0.717) is 16.6 Å². The summed E-state index contributed by atoms with van der Waals surface area (Å²) in [5.74, 6) is -1.85. The van der Waals surface area contributed by atoms with E-state index in [1.54, 1.807) is 4.90 Å². The molecule has 1 fully saturated rings. The molecule has 2 atom stereocenters. The van der Waals surface area contributed by atoms with Crippen molar-refractivity contribution in [3.63, 3.8) is 0 Å². The molecule has 32 heavy (non-hydrogen) atoms. The number of alkyl halides is 4. The zero-order valence-electron chi connectivity index (χ0n) is 16.2. The van der Waals surface area contributed by atoms with Crippen LogP contribution in [-0.2, 0) is 10.9 Å². The van der Waals surface area contributed by atoms with Crippen molar-refractivity contribution in [3.8, 4) is 0 Å². The summed E-state index contributed by atoms with van der Waals surface area (Å²) in [6, 6.07) is 6.67. The second kappa shape index (κ2) is 8.63. The molecule has 3 aromatic rings. The van der Waals surface area contributed by atoms with E-state index in [4.69, 9.17) is 4.74 Å². The fourth-order valence-electron chi connectivity index (χ4n) is 3.35. The van der Waals surface area contributed by atoms with E-state index in [-0.39, 0.29) is 29.6 Å². The number of carbonyl (C=O) groups is 1. The number of fused-ring (bicyclic) bond motifs is 1. The molecule has 0 amide bonds. The summed E-state index contributed by atoms with van der Waals surface area (Å²) in [5.41, 5.74) is -1.14. The Morgan fingerprint density at radius 1 is 1.31 bits per heavy atom. The van der Waals surface area contributed by atoms with Gasteiger partial charge in [0.05, 0.1) is 22.3 Å². The number of benzene rings is 1. The highest BCUT2D eigenvalue weighted by Crippen LogP contribution is 2.40. The van der Waals surface area contributed by atoms with Gasteiger partial charge >= 0.3 is 12.1 Å². The van der Waals surface area contributed by atoms with Gasteiger partial charge in [-0.3, -0.25) is 4.65 Å². The number of esters is 1. The fourth-order valence-corrected chi connectivity index (χ4v) is 4.86. The Kier molecular flexibility index (Phi) is 6.20. The monoisotopic (exact) mass is 534 g/mol. The van der Waals surface area contributed by atoms with Crippen molar-refractivity contribution in [2.75, 3.05) is 25.1 Å². The average Bonchev–Trinajstić information content (AvgIpc) is 3.29. The van der Waals surface area contributed by atoms with Crippen LogP contribution >= 0.6 is 27.3 Å². The third kappa shape index (κ3) is 4.48. The molecule has 0 N–H and O–H groups in total. The van der Waals surface area contributed by atoms with Gasteiger partial charge in [0.15, 0.2) is 5.69 Å². The first-order chi connectivity index (χ1) is 15.1. The predicted octanol–water partition coefficient (Wildman–Crippen LogP) is 4.51. The van der Waals surface area contributed by atoms with Crippen LogP contribution < -0.4 is 4.65 Å². The standard InChI is InChI=1S/C19H15BrF4N4O3S/c20-6-7-27-9-16(31-17(29)12-2-1-3-15(21)25-12)28(30,10-27)18-26-13-8-11(19(22,23)24)4-5-14(13)32-18/h1-5,8,16H,6-7,9-10H2. The van der Waals surface area contributed by atoms with Gasteiger partial charge in [0.2, 0.25) is 5.95 Å². The molecule has 0 radical (unpaired) electrons. The summed E-state index contributed by atoms with van der Waals surface area (Å²) in [4.78, 5) is 21.9. The maximum Gasteiger partial charge on any atom is 0.416 e. The zero-order valence-corrected chi connectivity index (χ0v) is 18.6. The van der Waals surface area contributed by atoms with Crippen LogP contribution in [0, 0.1) is 11.2 Å². The number of carbonyl (C=O) groups excluding carboxylic acids is 1. The number of halogens is 5. The largest absolute Gasteiger partial charge is 0.622 e. The average molecular weight is 535 g/mol. The molecule has 13 heteroatoms. The number of quaternary nitrogens is 1. The first kappa shape index (κ1) is 23.0. The van der Waals surface area contributed by atoms with Gasteiger partial charge in [0, 0.05) is 11.9 Å². The highest BCUT2D eigenvalue weighted by Gasteiger charge is 2.46. The molecule has 1 saturated heterocycles. The minimum atomic E-state index is -4.54. The summed E-state index contributed by atoms with van der Waals surface area (Å²) in [6.07, 6.45) is -5.80. The van der Waals surface area contributed by atoms with Gasteiger partial charge in [-0.25, -0.2) is 14.7 Å². The van der Waals surface area contributed by atoms with Gasteiger partial charge in [0.25, 0.3) is 11.4 Å². The van der Waals surface area contributed by atoms with E-state index in [1.165, 1.54) is 18.2 Å². The van der Waals surface area contributed by atoms with Crippen LogP contribution in [0.2, 0.25) is 0 Å². The fraction of sp³-hybridized carbons (Fsp3) is 0.316. The third-order valence-corrected chi connectivity index (χ3v) is 6.39. The van der Waals surface area contributed by atoms with Crippen LogP contribution in [-0.4, -0.2) is 52.2 Å². The highest BCUT2D eigenvalue weighted by molar-refractivity contribution is 9.09. The second-order valence-corrected chi connectivity index (χ2v) is 8.89. The van der Waals surface area contributed by atoms with Crippen molar-refractivity contribution >= 4 is 48.6 Å². The number of nitrogens with zero attached hydrogens (tertiary/aromatic N) is 4. The SMILES string of the molecule is O=C(OC1CN(CCBr)C[N+]1([O-])c1nc2cc(C(F)(F)F)ccc2s1)c1cccc(F)n1. The van der Waals surface area contributed by atoms with Crippen LogP contribution in [0.1, 0.15) is 16.1 Å². The topological polar surface area (TPSA) is 78.4 Å². The Morgan fingerprint density at radius 3 is 2.78 bits per heavy atom. The molecule has 0 bridgehead atoms. The first-order valence-electron chi connectivity index (χ1n) is 9.29. The van der Waals surface area contributed by atoms with E-state index in [0.717, 1.165) is 29.5 Å². The molecule has 7 nitrogen and oxygen atoms in total. The maximum absolute atomic E-state index is 13.8. The van der Waals surface area contributed by atoms with Gasteiger partial charge in [-0.2, -0.15) is 22.5 Å². The molecule has 0 spiro atoms. The molecule has 2 unspecified atom stereocenters. The number of hydroxylamine groups is 2. The molecule has 4 rings (SSSR count). The quantitative estimate of drug-likeness (QED) is 0.120. The molecular weight excluding hydrogens is 520 g/mol. The zero-order chi connectivity index (χ0) is 23.1. The molecular formula is C19H15BrF4N4O3S. The van der Waals surface area contributed by atoms with Crippen molar-refractivity contribution in [1.29, 1.82) is 0 Å². The van der Waals surface area contributed by atoms with E-state index in [9.17, 15) is 27.6 Å². The number of hydrogen-bond acceptors (Lipinski definition) is 7. The van der Waals surface area contributed by atoms with Crippen LogP contribution in [0.5, 0.6) is 0 Å². The van der Waals surface area contributed by atoms with Crippen molar-refractivity contribution in [2.24, 2.45) is 0 Å². The summed E-state index contributed by atoms with van der Waals surface area (Å²) in [6.45, 7) is 0.420. The summed E-state index contributed by atoms with van der Waals surface area (Å²) < 4.78 is 57.1. The van der Waals surface area contributed by atoms with Gasteiger partial charge in [-0.15, -0.1) is 0 Å². The van der Waals surface area contributed by atoms with Crippen LogP contribution in [0.15, 0.2) is 36.4 Å². The molecule has 0 aliphatic carbocycles. The Bertz CT molecular complexity index is 1160. The summed E-state index contributed by atoms with van der Waals surface area (Å²) in [7, 11) is 0. The lowest BCUT2D eigenvalue weighted by Gasteiger charge is -2.38. The smallest absolute Gasteiger partial charge is 0.416 e. The van der Waals surface area contributed by atoms with Crippen LogP contribution in [0.25, 0.3) is 10.2 Å². The maximum atomic E-state index is 13.8. The Hall–Kier alpha value is -2.19. The van der Waals surface area contributed by atoms with Crippen molar-refractivity contribution in [3.05, 3.63) is 58.8 Å². The van der Waals surface area contributed by atoms with E-state index >= 15 is 0 Å². The van der Waals surface area contributed by atoms with Gasteiger partial charge in [-0.05, 0) is 30.3 Å². The predicted molar refractivity (Wildman–Crippen MR) is 113 cm³/mol. The van der Waals surface area contributed by atoms with Crippen molar-refractivity contribution < 1.29 is 27.1 Å². The van der Waals surface area contributed by atoms with Gasteiger partial charge < -0.3 is 9.94 Å². The lowest BCUT2D eigenvalue weighted by atomic mass is 10.2. The Morgan fingerprint density at radius 2 is 2.09 bits per heavy atom. The number of thiazole rings is 1. The van der Waals surface area contributed by atoms with Crippen LogP contribution in [0.3, 0.4) is 0 Å². The number of pyridine rings is 1. The Balaban J connectivity index is 1.68. The normalized spacial score (nSPS) is 21.9. The van der Waals surface area contributed by atoms with Crippen molar-refractivity contribution in [1.82, 2.24) is 19.5 Å². The lowest BCUT2D eigenvalue weighted by Crippen LogP contribution is -2.51. The molecule has 0 saturated carbocycles. The molecule has 3 heterocycles. The van der Waals surface area contributed by atoms with Gasteiger partial charge in [-0.1, -0.05) is 33.3 Å². The number of rotatable bonds is 5. The summed E-state index contributed by atoms with van der Waals surface area (Å²) in [5, 5.41) is 14.3. The van der Waals surface area contributed by atoms with Crippen LogP contribution in [0.4, 0.5) is 22.7 Å². The molecule has 1 aliphatic heterocycles. The number of aromatic nitrogens is 2. The lowest BCUT2D eigenvalue weighted by molar-refractivity contribution is -0.137. The number of ether oxygens (including phenoxy) is 1. The molecule has 1 aromatic carbocycles. The molecule has 2 aromatic heterocycles.